The number of hydrogen-bond donors (Lipinski definition) is 0. The predicted octanol–water partition coefficient (Wildman–Crippen LogP) is 4.24. The minimum Gasteiger partial charge on any atom is -0.274 e. The van der Waals surface area contributed by atoms with Crippen molar-refractivity contribution >= 4 is 17.5 Å². The highest BCUT2D eigenvalue weighted by Gasteiger charge is 2.31. The second kappa shape index (κ2) is 7.96. The second-order valence-corrected chi connectivity index (χ2v) is 5.80. The van der Waals surface area contributed by atoms with Crippen LogP contribution in [0.25, 0.3) is 0 Å². The zero-order valence-corrected chi connectivity index (χ0v) is 12.9. The van der Waals surface area contributed by atoms with E-state index in [1.165, 1.54) is 37.0 Å². The number of carbonyl (C=O) groups is 2. The lowest BCUT2D eigenvalue weighted by Gasteiger charge is -2.15. The van der Waals surface area contributed by atoms with Crippen molar-refractivity contribution in [2.45, 2.75) is 64.7 Å². The zero-order valence-electron chi connectivity index (χ0n) is 12.9. The lowest BCUT2D eigenvalue weighted by Crippen LogP contribution is -2.33. The third-order valence-electron chi connectivity index (χ3n) is 4.07. The van der Waals surface area contributed by atoms with Gasteiger partial charge < -0.3 is 0 Å². The number of carbonyl (C=O) groups excluding carboxylic acids is 2. The molecule has 0 unspecified atom stereocenters. The molecule has 0 N–H and O–H groups in total. The van der Waals surface area contributed by atoms with Crippen LogP contribution in [-0.4, -0.2) is 11.8 Å². The summed E-state index contributed by atoms with van der Waals surface area (Å²) in [5.74, 6) is -0.123. The minimum absolute atomic E-state index is 0.0430. The molecule has 1 aliphatic rings. The highest BCUT2D eigenvalue weighted by molar-refractivity contribution is 6.19. The van der Waals surface area contributed by atoms with Crippen LogP contribution in [-0.2, 0) is 16.0 Å². The second-order valence-electron chi connectivity index (χ2n) is 5.80. The van der Waals surface area contributed by atoms with Gasteiger partial charge >= 0.3 is 0 Å². The van der Waals surface area contributed by atoms with Gasteiger partial charge in [0.05, 0.1) is 12.1 Å². The molecule has 2 amide bonds. The quantitative estimate of drug-likeness (QED) is 0.670. The maximum atomic E-state index is 12.3. The maximum Gasteiger partial charge on any atom is 0.238 e. The van der Waals surface area contributed by atoms with Crippen molar-refractivity contribution < 1.29 is 9.59 Å². The number of benzene rings is 1. The number of fused-ring (bicyclic) bond motifs is 1. The fourth-order valence-electron chi connectivity index (χ4n) is 2.87. The molecule has 21 heavy (non-hydrogen) atoms. The van der Waals surface area contributed by atoms with E-state index in [9.17, 15) is 9.59 Å². The van der Waals surface area contributed by atoms with Gasteiger partial charge in [-0.15, -0.1) is 0 Å². The number of nitrogens with zero attached hydrogens (tertiary/aromatic N) is 1. The Morgan fingerprint density at radius 2 is 1.71 bits per heavy atom. The Morgan fingerprint density at radius 1 is 1.05 bits per heavy atom. The molecule has 1 aromatic carbocycles. The van der Waals surface area contributed by atoms with E-state index < -0.39 is 0 Å². The smallest absolute Gasteiger partial charge is 0.238 e. The van der Waals surface area contributed by atoms with Crippen molar-refractivity contribution in [1.29, 1.82) is 0 Å². The number of unbranched alkanes of at least 4 members (excludes halogenated alkanes) is 6. The van der Waals surface area contributed by atoms with E-state index >= 15 is 0 Å². The van der Waals surface area contributed by atoms with Crippen LogP contribution in [0.4, 0.5) is 5.69 Å². The standard InChI is InChI=1S/C18H25NO2/c1-2-3-4-5-6-7-8-13-17(20)19-16-12-10-9-11-15(16)14-18(19)21/h9-12H,2-8,13-14H2,1H3. The molecular weight excluding hydrogens is 262 g/mol. The van der Waals surface area contributed by atoms with Gasteiger partial charge in [0.2, 0.25) is 11.8 Å². The number of para-hydroxylation sites is 1. The number of amides is 2. The van der Waals surface area contributed by atoms with Gasteiger partial charge in [0.25, 0.3) is 0 Å². The Bertz CT molecular complexity index is 496. The van der Waals surface area contributed by atoms with Crippen molar-refractivity contribution in [3.63, 3.8) is 0 Å². The molecule has 114 valence electrons. The molecule has 0 bridgehead atoms. The molecule has 0 radical (unpaired) electrons. The number of anilines is 1. The van der Waals surface area contributed by atoms with Gasteiger partial charge in [0.15, 0.2) is 0 Å². The topological polar surface area (TPSA) is 37.4 Å². The average Bonchev–Trinajstić information content (AvgIpc) is 2.82. The third-order valence-corrected chi connectivity index (χ3v) is 4.07. The zero-order chi connectivity index (χ0) is 15.1. The summed E-state index contributed by atoms with van der Waals surface area (Å²) in [6, 6.07) is 7.58. The summed E-state index contributed by atoms with van der Waals surface area (Å²) >= 11 is 0. The summed E-state index contributed by atoms with van der Waals surface area (Å²) < 4.78 is 0. The highest BCUT2D eigenvalue weighted by Crippen LogP contribution is 2.29. The molecule has 0 fully saturated rings. The molecule has 0 saturated heterocycles. The van der Waals surface area contributed by atoms with E-state index in [1.54, 1.807) is 0 Å². The fraction of sp³-hybridized carbons (Fsp3) is 0.556. The molecule has 1 aromatic rings. The predicted molar refractivity (Wildman–Crippen MR) is 85.2 cm³/mol. The molecule has 0 atom stereocenters. The molecule has 0 saturated carbocycles. The monoisotopic (exact) mass is 287 g/mol. The van der Waals surface area contributed by atoms with Gasteiger partial charge in [-0.3, -0.25) is 9.59 Å². The summed E-state index contributed by atoms with van der Waals surface area (Å²) in [6.45, 7) is 2.21. The lowest BCUT2D eigenvalue weighted by atomic mass is 10.1. The lowest BCUT2D eigenvalue weighted by molar-refractivity contribution is -0.125. The normalized spacial score (nSPS) is 13.6. The summed E-state index contributed by atoms with van der Waals surface area (Å²) in [6.07, 6.45) is 9.11. The molecular formula is C18H25NO2. The molecule has 0 aromatic heterocycles. The molecule has 1 heterocycles. The SMILES string of the molecule is CCCCCCCCCC(=O)N1C(=O)Cc2ccccc21. The Balaban J connectivity index is 1.75. The van der Waals surface area contributed by atoms with Gasteiger partial charge in [0, 0.05) is 6.42 Å². The molecule has 0 spiro atoms. The van der Waals surface area contributed by atoms with Crippen molar-refractivity contribution in [3.05, 3.63) is 29.8 Å². The summed E-state index contributed by atoms with van der Waals surface area (Å²) in [4.78, 5) is 25.6. The molecule has 2 rings (SSSR count). The van der Waals surface area contributed by atoms with E-state index in [4.69, 9.17) is 0 Å². The number of rotatable bonds is 8. The van der Waals surface area contributed by atoms with Crippen LogP contribution in [0.5, 0.6) is 0 Å². The molecule has 1 aliphatic heterocycles. The van der Waals surface area contributed by atoms with Gasteiger partial charge in [-0.2, -0.15) is 0 Å². The van der Waals surface area contributed by atoms with Crippen molar-refractivity contribution in [2.24, 2.45) is 0 Å². The van der Waals surface area contributed by atoms with E-state index in [1.807, 2.05) is 24.3 Å². The van der Waals surface area contributed by atoms with Crippen LogP contribution < -0.4 is 4.90 Å². The Kier molecular flexibility index (Phi) is 5.97. The van der Waals surface area contributed by atoms with Crippen molar-refractivity contribution in [1.82, 2.24) is 0 Å². The minimum atomic E-state index is -0.0795. The summed E-state index contributed by atoms with van der Waals surface area (Å²) in [5.41, 5.74) is 1.76. The third kappa shape index (κ3) is 4.16. The first-order valence-corrected chi connectivity index (χ1v) is 8.17. The number of imide groups is 1. The number of hydrogen-bond acceptors (Lipinski definition) is 2. The van der Waals surface area contributed by atoms with Gasteiger partial charge in [-0.25, -0.2) is 4.90 Å². The van der Waals surface area contributed by atoms with Gasteiger partial charge in [0.1, 0.15) is 0 Å². The maximum absolute atomic E-state index is 12.3. The van der Waals surface area contributed by atoms with Crippen LogP contribution in [0.2, 0.25) is 0 Å². The van der Waals surface area contributed by atoms with Crippen LogP contribution in [0.3, 0.4) is 0 Å². The van der Waals surface area contributed by atoms with Crippen LogP contribution in [0.1, 0.15) is 63.9 Å². The van der Waals surface area contributed by atoms with E-state index in [2.05, 4.69) is 6.92 Å². The Hall–Kier alpha value is -1.64. The van der Waals surface area contributed by atoms with Crippen LogP contribution in [0, 0.1) is 0 Å². The van der Waals surface area contributed by atoms with Crippen molar-refractivity contribution in [2.75, 3.05) is 4.90 Å². The fourth-order valence-corrected chi connectivity index (χ4v) is 2.87. The first kappa shape index (κ1) is 15.7. The summed E-state index contributed by atoms with van der Waals surface area (Å²) in [5, 5.41) is 0. The molecule has 0 aliphatic carbocycles. The first-order chi connectivity index (χ1) is 10.2. The van der Waals surface area contributed by atoms with E-state index in [-0.39, 0.29) is 11.8 Å². The Labute approximate surface area is 127 Å². The van der Waals surface area contributed by atoms with Crippen molar-refractivity contribution in [3.8, 4) is 0 Å². The Morgan fingerprint density at radius 3 is 2.48 bits per heavy atom. The van der Waals surface area contributed by atoms with Gasteiger partial charge in [-0.05, 0) is 18.1 Å². The van der Waals surface area contributed by atoms with E-state index in [0.29, 0.717) is 12.8 Å². The van der Waals surface area contributed by atoms with Crippen LogP contribution in [0.15, 0.2) is 24.3 Å². The molecule has 3 heteroatoms. The molecule has 3 nitrogen and oxygen atoms in total. The largest absolute Gasteiger partial charge is 0.274 e. The average molecular weight is 287 g/mol. The highest BCUT2D eigenvalue weighted by atomic mass is 16.2. The van der Waals surface area contributed by atoms with E-state index in [0.717, 1.165) is 24.1 Å². The summed E-state index contributed by atoms with van der Waals surface area (Å²) in [7, 11) is 0. The van der Waals surface area contributed by atoms with Crippen LogP contribution >= 0.6 is 0 Å². The first-order valence-electron chi connectivity index (χ1n) is 8.17. The van der Waals surface area contributed by atoms with Gasteiger partial charge in [-0.1, -0.05) is 63.6 Å².